The topological polar surface area (TPSA) is 38.0 Å². The zero-order chi connectivity index (χ0) is 9.10. The van der Waals surface area contributed by atoms with E-state index in [1.807, 2.05) is 6.20 Å². The molecular formula is C11H14N2. The first kappa shape index (κ1) is 8.32. The van der Waals surface area contributed by atoms with Gasteiger partial charge in [0.05, 0.1) is 6.04 Å². The fourth-order valence-corrected chi connectivity index (χ4v) is 1.73. The van der Waals surface area contributed by atoms with Gasteiger partial charge in [0.25, 0.3) is 0 Å². The zero-order valence-corrected chi connectivity index (χ0v) is 7.53. The summed E-state index contributed by atoms with van der Waals surface area (Å²) in [5.41, 5.74) is 8.21. The van der Waals surface area contributed by atoms with Gasteiger partial charge in [-0.05, 0) is 36.4 Å². The monoisotopic (exact) mass is 174 g/mol. The summed E-state index contributed by atoms with van der Waals surface area (Å²) in [4.78, 5) is 0. The SMILES string of the molecule is NCCC1NC=Cc2ccccc21. The highest BCUT2D eigenvalue weighted by molar-refractivity contribution is 5.56. The average molecular weight is 174 g/mol. The summed E-state index contributed by atoms with van der Waals surface area (Å²) >= 11 is 0. The highest BCUT2D eigenvalue weighted by Gasteiger charge is 2.13. The Morgan fingerprint density at radius 1 is 1.31 bits per heavy atom. The highest BCUT2D eigenvalue weighted by atomic mass is 14.9. The molecule has 1 aliphatic heterocycles. The third-order valence-corrected chi connectivity index (χ3v) is 2.39. The van der Waals surface area contributed by atoms with Gasteiger partial charge in [-0.15, -0.1) is 0 Å². The number of benzene rings is 1. The molecule has 0 aromatic heterocycles. The number of nitrogens with one attached hydrogen (secondary N) is 1. The molecule has 2 heteroatoms. The molecule has 1 atom stereocenters. The third-order valence-electron chi connectivity index (χ3n) is 2.39. The van der Waals surface area contributed by atoms with Crippen molar-refractivity contribution in [2.75, 3.05) is 6.54 Å². The number of hydrogen-bond donors (Lipinski definition) is 2. The van der Waals surface area contributed by atoms with Crippen molar-refractivity contribution in [1.29, 1.82) is 0 Å². The van der Waals surface area contributed by atoms with Crippen LogP contribution in [-0.4, -0.2) is 6.54 Å². The van der Waals surface area contributed by atoms with Crippen LogP contribution < -0.4 is 11.1 Å². The van der Waals surface area contributed by atoms with E-state index in [-0.39, 0.29) is 0 Å². The molecule has 2 rings (SSSR count). The van der Waals surface area contributed by atoms with Gasteiger partial charge in [-0.1, -0.05) is 24.3 Å². The molecule has 1 aliphatic rings. The van der Waals surface area contributed by atoms with E-state index in [9.17, 15) is 0 Å². The molecular weight excluding hydrogens is 160 g/mol. The molecule has 0 saturated carbocycles. The lowest BCUT2D eigenvalue weighted by molar-refractivity contribution is 0.574. The van der Waals surface area contributed by atoms with Gasteiger partial charge >= 0.3 is 0 Å². The molecule has 2 nitrogen and oxygen atoms in total. The van der Waals surface area contributed by atoms with Crippen LogP contribution in [0.3, 0.4) is 0 Å². The van der Waals surface area contributed by atoms with Crippen molar-refractivity contribution >= 4 is 6.08 Å². The van der Waals surface area contributed by atoms with E-state index < -0.39 is 0 Å². The molecule has 0 spiro atoms. The number of fused-ring (bicyclic) bond motifs is 1. The summed E-state index contributed by atoms with van der Waals surface area (Å²) < 4.78 is 0. The maximum atomic E-state index is 5.55. The largest absolute Gasteiger partial charge is 0.384 e. The number of nitrogens with two attached hydrogens (primary N) is 1. The van der Waals surface area contributed by atoms with Crippen molar-refractivity contribution in [3.63, 3.8) is 0 Å². The lowest BCUT2D eigenvalue weighted by Gasteiger charge is -2.22. The van der Waals surface area contributed by atoms with Crippen LogP contribution in [0, 0.1) is 0 Å². The second kappa shape index (κ2) is 3.62. The fourth-order valence-electron chi connectivity index (χ4n) is 1.73. The van der Waals surface area contributed by atoms with Crippen LogP contribution in [0.25, 0.3) is 6.08 Å². The van der Waals surface area contributed by atoms with E-state index in [0.717, 1.165) is 13.0 Å². The minimum Gasteiger partial charge on any atom is -0.384 e. The summed E-state index contributed by atoms with van der Waals surface area (Å²) in [5, 5.41) is 3.32. The van der Waals surface area contributed by atoms with Gasteiger partial charge in [0.2, 0.25) is 0 Å². The average Bonchev–Trinajstić information content (AvgIpc) is 2.19. The predicted octanol–water partition coefficient (Wildman–Crippen LogP) is 1.65. The molecule has 0 amide bonds. The second-order valence-electron chi connectivity index (χ2n) is 3.26. The van der Waals surface area contributed by atoms with Crippen molar-refractivity contribution in [1.82, 2.24) is 5.32 Å². The van der Waals surface area contributed by atoms with E-state index in [1.165, 1.54) is 11.1 Å². The van der Waals surface area contributed by atoms with E-state index in [0.29, 0.717) is 6.04 Å². The van der Waals surface area contributed by atoms with Gasteiger partial charge in [-0.3, -0.25) is 0 Å². The Morgan fingerprint density at radius 3 is 3.00 bits per heavy atom. The molecule has 1 aromatic rings. The summed E-state index contributed by atoms with van der Waals surface area (Å²) in [6.07, 6.45) is 5.09. The highest BCUT2D eigenvalue weighted by Crippen LogP contribution is 2.24. The van der Waals surface area contributed by atoms with E-state index in [2.05, 4.69) is 35.7 Å². The fraction of sp³-hybridized carbons (Fsp3) is 0.273. The normalized spacial score (nSPS) is 19.3. The number of hydrogen-bond acceptors (Lipinski definition) is 2. The van der Waals surface area contributed by atoms with Crippen molar-refractivity contribution in [2.45, 2.75) is 12.5 Å². The quantitative estimate of drug-likeness (QED) is 0.715. The van der Waals surface area contributed by atoms with Gasteiger partial charge in [0.15, 0.2) is 0 Å². The van der Waals surface area contributed by atoms with Gasteiger partial charge in [-0.25, -0.2) is 0 Å². The maximum absolute atomic E-state index is 5.55. The molecule has 0 bridgehead atoms. The van der Waals surface area contributed by atoms with Crippen LogP contribution in [0.4, 0.5) is 0 Å². The van der Waals surface area contributed by atoms with Crippen molar-refractivity contribution < 1.29 is 0 Å². The predicted molar refractivity (Wildman–Crippen MR) is 55.0 cm³/mol. The Hall–Kier alpha value is -1.28. The van der Waals surface area contributed by atoms with Crippen LogP contribution in [0.1, 0.15) is 23.6 Å². The molecule has 13 heavy (non-hydrogen) atoms. The minimum absolute atomic E-state index is 0.395. The lowest BCUT2D eigenvalue weighted by Crippen LogP contribution is -2.22. The summed E-state index contributed by atoms with van der Waals surface area (Å²) in [5.74, 6) is 0. The van der Waals surface area contributed by atoms with Crippen molar-refractivity contribution in [3.8, 4) is 0 Å². The van der Waals surface area contributed by atoms with Crippen LogP contribution in [0.5, 0.6) is 0 Å². The Labute approximate surface area is 78.5 Å². The molecule has 0 aliphatic carbocycles. The molecule has 3 N–H and O–H groups in total. The smallest absolute Gasteiger partial charge is 0.0526 e. The Balaban J connectivity index is 2.32. The molecule has 0 radical (unpaired) electrons. The summed E-state index contributed by atoms with van der Waals surface area (Å²) in [6, 6.07) is 8.82. The second-order valence-corrected chi connectivity index (χ2v) is 3.26. The minimum atomic E-state index is 0.395. The molecule has 0 fully saturated rings. The van der Waals surface area contributed by atoms with Crippen LogP contribution >= 0.6 is 0 Å². The van der Waals surface area contributed by atoms with Gasteiger partial charge < -0.3 is 11.1 Å². The third kappa shape index (κ3) is 1.58. The van der Waals surface area contributed by atoms with Crippen molar-refractivity contribution in [2.24, 2.45) is 5.73 Å². The first-order chi connectivity index (χ1) is 6.42. The zero-order valence-electron chi connectivity index (χ0n) is 7.53. The van der Waals surface area contributed by atoms with Crippen LogP contribution in [0.15, 0.2) is 30.5 Å². The molecule has 0 saturated heterocycles. The summed E-state index contributed by atoms with van der Waals surface area (Å²) in [7, 11) is 0. The maximum Gasteiger partial charge on any atom is 0.0526 e. The van der Waals surface area contributed by atoms with Crippen LogP contribution in [-0.2, 0) is 0 Å². The van der Waals surface area contributed by atoms with Gasteiger partial charge in [-0.2, -0.15) is 0 Å². The van der Waals surface area contributed by atoms with Crippen molar-refractivity contribution in [3.05, 3.63) is 41.6 Å². The van der Waals surface area contributed by atoms with E-state index in [4.69, 9.17) is 5.73 Å². The molecule has 1 unspecified atom stereocenters. The first-order valence-corrected chi connectivity index (χ1v) is 4.63. The van der Waals surface area contributed by atoms with E-state index >= 15 is 0 Å². The van der Waals surface area contributed by atoms with E-state index in [1.54, 1.807) is 0 Å². The lowest BCUT2D eigenvalue weighted by atomic mass is 9.96. The van der Waals surface area contributed by atoms with Gasteiger partial charge in [0.1, 0.15) is 0 Å². The number of rotatable bonds is 2. The van der Waals surface area contributed by atoms with Crippen LogP contribution in [0.2, 0.25) is 0 Å². The Morgan fingerprint density at radius 2 is 2.15 bits per heavy atom. The van der Waals surface area contributed by atoms with Gasteiger partial charge in [0, 0.05) is 0 Å². The molecule has 1 aromatic carbocycles. The first-order valence-electron chi connectivity index (χ1n) is 4.63. The Kier molecular flexibility index (Phi) is 2.32. The Bertz CT molecular complexity index is 318. The standard InChI is InChI=1S/C11H14N2/c12-7-5-11-10-4-2-1-3-9(10)6-8-13-11/h1-4,6,8,11,13H,5,7,12H2. The molecule has 1 heterocycles. The molecule has 68 valence electrons. The summed E-state index contributed by atoms with van der Waals surface area (Å²) in [6.45, 7) is 0.722.